The maximum absolute atomic E-state index is 11.9. The molecule has 1 heterocycles. The summed E-state index contributed by atoms with van der Waals surface area (Å²) in [5.74, 6) is 0.472. The predicted molar refractivity (Wildman–Crippen MR) is 55.5 cm³/mol. The Morgan fingerprint density at radius 3 is 2.27 bits per heavy atom. The summed E-state index contributed by atoms with van der Waals surface area (Å²) in [6.45, 7) is 7.17. The van der Waals surface area contributed by atoms with Gasteiger partial charge >= 0.3 is 0 Å². The van der Waals surface area contributed by atoms with Crippen molar-refractivity contribution >= 4 is 5.78 Å². The Morgan fingerprint density at radius 1 is 1.40 bits per heavy atom. The molecule has 0 fully saturated rings. The van der Waals surface area contributed by atoms with Crippen LogP contribution >= 0.6 is 0 Å². The van der Waals surface area contributed by atoms with Crippen molar-refractivity contribution in [2.45, 2.75) is 33.8 Å². The van der Waals surface area contributed by atoms with Crippen molar-refractivity contribution in [1.29, 1.82) is 0 Å². The van der Waals surface area contributed by atoms with E-state index in [2.05, 4.69) is 10.2 Å². The minimum atomic E-state index is -1.06. The van der Waals surface area contributed by atoms with Gasteiger partial charge in [0.25, 0.3) is 0 Å². The fourth-order valence-corrected chi connectivity index (χ4v) is 1.14. The van der Waals surface area contributed by atoms with E-state index in [0.717, 1.165) is 0 Å². The molecule has 1 aromatic heterocycles. The molecule has 0 aliphatic heterocycles. The molecule has 5 nitrogen and oxygen atoms in total. The number of aliphatic hydroxyl groups is 1. The quantitative estimate of drug-likeness (QED) is 0.732. The molecule has 0 bridgehead atoms. The fourth-order valence-electron chi connectivity index (χ4n) is 1.14. The van der Waals surface area contributed by atoms with Gasteiger partial charge in [-0.1, -0.05) is 20.8 Å². The third-order valence-corrected chi connectivity index (χ3v) is 2.38. The predicted octanol–water partition coefficient (Wildman–Crippen LogP) is 0.713. The van der Waals surface area contributed by atoms with E-state index in [9.17, 15) is 9.90 Å². The molecule has 1 N–H and O–H groups in total. The SMILES string of the molecule is Cc1nnc(C(=O)C(O)C(C)(C)C)n1C. The summed E-state index contributed by atoms with van der Waals surface area (Å²) in [7, 11) is 1.71. The average molecular weight is 211 g/mol. The Hall–Kier alpha value is -1.23. The molecule has 0 amide bonds. The molecule has 0 aliphatic rings. The second-order valence-electron chi connectivity index (χ2n) is 4.76. The molecule has 0 radical (unpaired) electrons. The van der Waals surface area contributed by atoms with Crippen molar-refractivity contribution in [2.24, 2.45) is 12.5 Å². The summed E-state index contributed by atoms with van der Waals surface area (Å²) >= 11 is 0. The van der Waals surface area contributed by atoms with Crippen molar-refractivity contribution in [3.63, 3.8) is 0 Å². The summed E-state index contributed by atoms with van der Waals surface area (Å²) in [6, 6.07) is 0. The highest BCUT2D eigenvalue weighted by molar-refractivity contribution is 5.96. The highest BCUT2D eigenvalue weighted by atomic mass is 16.3. The number of carbonyl (C=O) groups excluding carboxylic acids is 1. The second kappa shape index (κ2) is 3.73. The van der Waals surface area contributed by atoms with Crippen LogP contribution in [0, 0.1) is 12.3 Å². The molecule has 0 spiro atoms. The van der Waals surface area contributed by atoms with Gasteiger partial charge in [0.1, 0.15) is 11.9 Å². The van der Waals surface area contributed by atoms with E-state index in [0.29, 0.717) is 5.82 Å². The molecule has 1 unspecified atom stereocenters. The Balaban J connectivity index is 3.01. The summed E-state index contributed by atoms with van der Waals surface area (Å²) in [6.07, 6.45) is -1.06. The lowest BCUT2D eigenvalue weighted by atomic mass is 9.86. The van der Waals surface area contributed by atoms with Crippen LogP contribution in [-0.2, 0) is 7.05 Å². The first-order valence-corrected chi connectivity index (χ1v) is 4.83. The third-order valence-electron chi connectivity index (χ3n) is 2.38. The van der Waals surface area contributed by atoms with Crippen LogP contribution in [0.4, 0.5) is 0 Å². The van der Waals surface area contributed by atoms with E-state index in [4.69, 9.17) is 0 Å². The van der Waals surface area contributed by atoms with E-state index in [1.54, 1.807) is 39.3 Å². The maximum atomic E-state index is 11.9. The van der Waals surface area contributed by atoms with Crippen LogP contribution in [0.3, 0.4) is 0 Å². The van der Waals surface area contributed by atoms with Crippen molar-refractivity contribution < 1.29 is 9.90 Å². The van der Waals surface area contributed by atoms with E-state index in [1.807, 2.05) is 0 Å². The molecule has 1 rings (SSSR count). The van der Waals surface area contributed by atoms with Gasteiger partial charge in [-0.25, -0.2) is 0 Å². The van der Waals surface area contributed by atoms with Crippen LogP contribution in [0.5, 0.6) is 0 Å². The Morgan fingerprint density at radius 2 is 1.93 bits per heavy atom. The number of carbonyl (C=O) groups is 1. The largest absolute Gasteiger partial charge is 0.384 e. The molecular formula is C10H17N3O2. The summed E-state index contributed by atoms with van der Waals surface area (Å²) in [5, 5.41) is 17.3. The zero-order valence-corrected chi connectivity index (χ0v) is 9.77. The van der Waals surface area contributed by atoms with Gasteiger partial charge in [0.15, 0.2) is 0 Å². The molecule has 0 saturated carbocycles. The van der Waals surface area contributed by atoms with Crippen LogP contribution in [0.2, 0.25) is 0 Å². The lowest BCUT2D eigenvalue weighted by molar-refractivity contribution is 0.0428. The molecule has 84 valence electrons. The monoisotopic (exact) mass is 211 g/mol. The number of ketones is 1. The van der Waals surface area contributed by atoms with Gasteiger partial charge in [-0.2, -0.15) is 0 Å². The van der Waals surface area contributed by atoms with Gasteiger partial charge in [-0.15, -0.1) is 10.2 Å². The second-order valence-corrected chi connectivity index (χ2v) is 4.76. The lowest BCUT2D eigenvalue weighted by Gasteiger charge is -2.23. The van der Waals surface area contributed by atoms with Gasteiger partial charge in [-0.3, -0.25) is 4.79 Å². The van der Waals surface area contributed by atoms with Crippen LogP contribution in [-0.4, -0.2) is 31.8 Å². The zero-order chi connectivity index (χ0) is 11.8. The van der Waals surface area contributed by atoms with Crippen LogP contribution in [0.1, 0.15) is 37.2 Å². The molecule has 0 aliphatic carbocycles. The maximum Gasteiger partial charge on any atom is 0.229 e. The Bertz CT molecular complexity index is 377. The number of aryl methyl sites for hydroxylation is 1. The van der Waals surface area contributed by atoms with Crippen molar-refractivity contribution in [1.82, 2.24) is 14.8 Å². The fraction of sp³-hybridized carbons (Fsp3) is 0.700. The van der Waals surface area contributed by atoms with E-state index in [-0.39, 0.29) is 11.6 Å². The number of hydrogen-bond acceptors (Lipinski definition) is 4. The molecule has 15 heavy (non-hydrogen) atoms. The lowest BCUT2D eigenvalue weighted by Crippen LogP contribution is -2.35. The topological polar surface area (TPSA) is 68.0 Å². The van der Waals surface area contributed by atoms with Gasteiger partial charge < -0.3 is 9.67 Å². The first-order valence-electron chi connectivity index (χ1n) is 4.83. The van der Waals surface area contributed by atoms with Gasteiger partial charge in [-0.05, 0) is 12.3 Å². The molecule has 5 heteroatoms. The minimum Gasteiger partial charge on any atom is -0.384 e. The highest BCUT2D eigenvalue weighted by Crippen LogP contribution is 2.21. The van der Waals surface area contributed by atoms with Crippen molar-refractivity contribution in [2.75, 3.05) is 0 Å². The Labute approximate surface area is 89.1 Å². The molecule has 0 saturated heterocycles. The van der Waals surface area contributed by atoms with Gasteiger partial charge in [0, 0.05) is 7.05 Å². The smallest absolute Gasteiger partial charge is 0.229 e. The number of rotatable bonds is 2. The van der Waals surface area contributed by atoms with Crippen LogP contribution < -0.4 is 0 Å². The highest BCUT2D eigenvalue weighted by Gasteiger charge is 2.32. The molecule has 1 aromatic rings. The Kier molecular flexibility index (Phi) is 2.95. The number of nitrogens with zero attached hydrogens (tertiary/aromatic N) is 3. The van der Waals surface area contributed by atoms with Crippen molar-refractivity contribution in [3.8, 4) is 0 Å². The molecular weight excluding hydrogens is 194 g/mol. The number of hydrogen-bond donors (Lipinski definition) is 1. The van der Waals surface area contributed by atoms with E-state index >= 15 is 0 Å². The average Bonchev–Trinajstić information content (AvgIpc) is 2.44. The number of aromatic nitrogens is 3. The van der Waals surface area contributed by atoms with Crippen LogP contribution in [0.15, 0.2) is 0 Å². The minimum absolute atomic E-state index is 0.204. The first kappa shape index (κ1) is 11.8. The summed E-state index contributed by atoms with van der Waals surface area (Å²) in [5.41, 5.74) is -0.489. The summed E-state index contributed by atoms with van der Waals surface area (Å²) in [4.78, 5) is 11.9. The van der Waals surface area contributed by atoms with Crippen LogP contribution in [0.25, 0.3) is 0 Å². The molecule has 1 atom stereocenters. The normalized spacial score (nSPS) is 14.0. The van der Waals surface area contributed by atoms with E-state index < -0.39 is 11.5 Å². The molecule has 0 aromatic carbocycles. The zero-order valence-electron chi connectivity index (χ0n) is 9.77. The summed E-state index contributed by atoms with van der Waals surface area (Å²) < 4.78 is 1.58. The first-order chi connectivity index (χ1) is 6.75. The van der Waals surface area contributed by atoms with Gasteiger partial charge in [0.05, 0.1) is 0 Å². The van der Waals surface area contributed by atoms with Crippen molar-refractivity contribution in [3.05, 3.63) is 11.6 Å². The number of aliphatic hydroxyl groups excluding tert-OH is 1. The third kappa shape index (κ3) is 2.23. The standard InChI is InChI=1S/C10H17N3O2/c1-6-11-12-9(13(6)5)7(14)8(15)10(2,3)4/h8,15H,1-5H3. The van der Waals surface area contributed by atoms with Gasteiger partial charge in [0.2, 0.25) is 11.6 Å². The number of Topliss-reactive ketones (excluding diaryl/α,β-unsaturated/α-hetero) is 1. The van der Waals surface area contributed by atoms with E-state index in [1.165, 1.54) is 0 Å².